The molecular formula is C51H30N2O3. The molecule has 5 nitrogen and oxygen atoms in total. The Bertz CT molecular complexity index is 3500. The first-order valence-corrected chi connectivity index (χ1v) is 18.8. The van der Waals surface area contributed by atoms with Crippen LogP contribution in [0.2, 0.25) is 0 Å². The van der Waals surface area contributed by atoms with E-state index in [-0.39, 0.29) is 0 Å². The van der Waals surface area contributed by atoms with E-state index in [0.29, 0.717) is 5.89 Å². The zero-order valence-corrected chi connectivity index (χ0v) is 29.9. The van der Waals surface area contributed by atoms with Crippen LogP contribution in [0.25, 0.3) is 99.1 Å². The lowest BCUT2D eigenvalue weighted by Gasteiger charge is -2.26. The molecule has 3 heterocycles. The van der Waals surface area contributed by atoms with Gasteiger partial charge in [0.05, 0.1) is 0 Å². The van der Waals surface area contributed by atoms with Gasteiger partial charge in [0.15, 0.2) is 5.58 Å². The highest BCUT2D eigenvalue weighted by Gasteiger charge is 2.21. The van der Waals surface area contributed by atoms with Crippen molar-refractivity contribution >= 4 is 93.6 Å². The SMILES string of the molecule is c1ccc(-c2cccc(N(c3ccc4oc5c6ccccc6ccc5c4c3)c3ccc4oc5cccc(-c6nc7c(ccc8ccccc87)o6)c5c4c3)c2)cc1. The van der Waals surface area contributed by atoms with Crippen LogP contribution in [0, 0.1) is 0 Å². The number of oxazole rings is 1. The number of fused-ring (bicyclic) bond motifs is 11. The van der Waals surface area contributed by atoms with Crippen LogP contribution in [-0.4, -0.2) is 4.98 Å². The lowest BCUT2D eigenvalue weighted by Crippen LogP contribution is -2.10. The second-order valence-electron chi connectivity index (χ2n) is 14.3. The Morgan fingerprint density at radius 1 is 0.375 bits per heavy atom. The molecule has 56 heavy (non-hydrogen) atoms. The predicted octanol–water partition coefficient (Wildman–Crippen LogP) is 14.7. The summed E-state index contributed by atoms with van der Waals surface area (Å²) in [6.07, 6.45) is 0. The molecule has 0 saturated carbocycles. The maximum absolute atomic E-state index is 6.54. The van der Waals surface area contributed by atoms with Gasteiger partial charge in [-0.25, -0.2) is 4.98 Å². The van der Waals surface area contributed by atoms with Crippen molar-refractivity contribution in [3.05, 3.63) is 182 Å². The molecule has 5 heteroatoms. The summed E-state index contributed by atoms with van der Waals surface area (Å²) in [5, 5.41) is 8.55. The molecule has 262 valence electrons. The third kappa shape index (κ3) is 4.71. The lowest BCUT2D eigenvalue weighted by atomic mass is 10.0. The van der Waals surface area contributed by atoms with Gasteiger partial charge in [0, 0.05) is 54.9 Å². The second-order valence-corrected chi connectivity index (χ2v) is 14.3. The number of nitrogens with zero attached hydrogens (tertiary/aromatic N) is 2. The summed E-state index contributed by atoms with van der Waals surface area (Å²) in [5.41, 5.74) is 11.1. The van der Waals surface area contributed by atoms with Gasteiger partial charge >= 0.3 is 0 Å². The molecule has 0 saturated heterocycles. The van der Waals surface area contributed by atoms with Crippen molar-refractivity contribution in [3.63, 3.8) is 0 Å². The number of benzene rings is 9. The molecule has 3 aromatic heterocycles. The molecule has 0 amide bonds. The molecule has 0 N–H and O–H groups in total. The molecule has 0 aliphatic carbocycles. The van der Waals surface area contributed by atoms with Crippen LogP contribution in [-0.2, 0) is 0 Å². The van der Waals surface area contributed by atoms with Crippen LogP contribution in [0.1, 0.15) is 0 Å². The lowest BCUT2D eigenvalue weighted by molar-refractivity contribution is 0.620. The molecule has 9 aromatic carbocycles. The van der Waals surface area contributed by atoms with Crippen molar-refractivity contribution in [1.29, 1.82) is 0 Å². The zero-order chi connectivity index (χ0) is 36.7. The highest BCUT2D eigenvalue weighted by atomic mass is 16.4. The highest BCUT2D eigenvalue weighted by molar-refractivity contribution is 6.16. The molecule has 0 aliphatic heterocycles. The zero-order valence-electron chi connectivity index (χ0n) is 29.9. The average molecular weight is 719 g/mol. The van der Waals surface area contributed by atoms with Gasteiger partial charge in [-0.2, -0.15) is 0 Å². The van der Waals surface area contributed by atoms with Gasteiger partial charge in [-0.15, -0.1) is 0 Å². The topological polar surface area (TPSA) is 55.6 Å². The monoisotopic (exact) mass is 718 g/mol. The first-order valence-electron chi connectivity index (χ1n) is 18.8. The van der Waals surface area contributed by atoms with E-state index >= 15 is 0 Å². The summed E-state index contributed by atoms with van der Waals surface area (Å²) in [5.74, 6) is 0.562. The summed E-state index contributed by atoms with van der Waals surface area (Å²) < 4.78 is 19.5. The van der Waals surface area contributed by atoms with Gasteiger partial charge in [0.1, 0.15) is 27.8 Å². The number of hydrogen-bond donors (Lipinski definition) is 0. The summed E-state index contributed by atoms with van der Waals surface area (Å²) >= 11 is 0. The van der Waals surface area contributed by atoms with Gasteiger partial charge in [0.2, 0.25) is 5.89 Å². The van der Waals surface area contributed by atoms with Crippen molar-refractivity contribution in [2.45, 2.75) is 0 Å². The Kier molecular flexibility index (Phi) is 6.56. The van der Waals surface area contributed by atoms with Gasteiger partial charge < -0.3 is 18.2 Å². The molecule has 0 radical (unpaired) electrons. The second kappa shape index (κ2) is 11.9. The average Bonchev–Trinajstić information content (AvgIpc) is 3.98. The Morgan fingerprint density at radius 2 is 1.04 bits per heavy atom. The van der Waals surface area contributed by atoms with E-state index in [2.05, 4.69) is 157 Å². The van der Waals surface area contributed by atoms with E-state index < -0.39 is 0 Å². The van der Waals surface area contributed by atoms with Crippen molar-refractivity contribution in [1.82, 2.24) is 4.98 Å². The quantitative estimate of drug-likeness (QED) is 0.177. The Labute approximate surface area is 320 Å². The van der Waals surface area contributed by atoms with Crippen LogP contribution < -0.4 is 4.90 Å². The molecule has 0 bridgehead atoms. The number of aromatic nitrogens is 1. The maximum atomic E-state index is 6.54. The fraction of sp³-hybridized carbons (Fsp3) is 0. The molecule has 12 rings (SSSR count). The van der Waals surface area contributed by atoms with Crippen molar-refractivity contribution < 1.29 is 13.3 Å². The summed E-state index contributed by atoms with van der Waals surface area (Å²) in [6, 6.07) is 63.3. The van der Waals surface area contributed by atoms with Gasteiger partial charge in [0.25, 0.3) is 0 Å². The normalized spacial score (nSPS) is 11.9. The fourth-order valence-corrected chi connectivity index (χ4v) is 8.44. The van der Waals surface area contributed by atoms with E-state index in [1.807, 2.05) is 30.3 Å². The van der Waals surface area contributed by atoms with Crippen molar-refractivity contribution in [3.8, 4) is 22.6 Å². The molecular weight excluding hydrogens is 689 g/mol. The highest BCUT2D eigenvalue weighted by Crippen LogP contribution is 2.44. The Hall–Kier alpha value is -7.63. The molecule has 0 fully saturated rings. The Balaban J connectivity index is 1.08. The standard InChI is InChI=1S/C51H30N2O3/c1-2-10-31(11-3-1)34-14-8-15-35(28-34)53(36-22-26-44-42(29-36)40-24-20-33-13-5-7-17-39(33)50(40)55-44)37-23-27-45-43(30-37)48-41(18-9-19-46(48)54-45)51-52-49-38-16-6-4-12-32(38)21-25-47(49)56-51/h1-30H. The minimum atomic E-state index is 0.562. The number of hydrogen-bond acceptors (Lipinski definition) is 5. The van der Waals surface area contributed by atoms with E-state index in [1.54, 1.807) is 0 Å². The van der Waals surface area contributed by atoms with E-state index in [9.17, 15) is 0 Å². The van der Waals surface area contributed by atoms with Crippen LogP contribution in [0.4, 0.5) is 17.1 Å². The molecule has 0 atom stereocenters. The summed E-state index contributed by atoms with van der Waals surface area (Å²) in [4.78, 5) is 7.40. The van der Waals surface area contributed by atoms with E-state index in [4.69, 9.17) is 18.2 Å². The van der Waals surface area contributed by atoms with Gasteiger partial charge in [-0.1, -0.05) is 109 Å². The first-order chi connectivity index (χ1) is 27.7. The Morgan fingerprint density at radius 3 is 1.89 bits per heavy atom. The van der Waals surface area contributed by atoms with Crippen molar-refractivity contribution in [2.24, 2.45) is 0 Å². The van der Waals surface area contributed by atoms with E-state index in [1.165, 1.54) is 0 Å². The first kappa shape index (κ1) is 30.8. The largest absolute Gasteiger partial charge is 0.456 e. The molecule has 12 aromatic rings. The summed E-state index contributed by atoms with van der Waals surface area (Å²) in [6.45, 7) is 0. The number of rotatable bonds is 5. The molecule has 0 aliphatic rings. The third-order valence-corrected chi connectivity index (χ3v) is 11.1. The number of furan rings is 2. The fourth-order valence-electron chi connectivity index (χ4n) is 8.44. The maximum Gasteiger partial charge on any atom is 0.228 e. The van der Waals surface area contributed by atoms with Crippen LogP contribution in [0.5, 0.6) is 0 Å². The van der Waals surface area contributed by atoms with Crippen LogP contribution >= 0.6 is 0 Å². The predicted molar refractivity (Wildman–Crippen MR) is 229 cm³/mol. The van der Waals surface area contributed by atoms with Crippen LogP contribution in [0.3, 0.4) is 0 Å². The minimum Gasteiger partial charge on any atom is -0.456 e. The van der Waals surface area contributed by atoms with Gasteiger partial charge in [-0.05, 0) is 94.7 Å². The van der Waals surface area contributed by atoms with Crippen LogP contribution in [0.15, 0.2) is 195 Å². The summed E-state index contributed by atoms with van der Waals surface area (Å²) in [7, 11) is 0. The molecule has 0 unspecified atom stereocenters. The van der Waals surface area contributed by atoms with Gasteiger partial charge in [-0.3, -0.25) is 0 Å². The third-order valence-electron chi connectivity index (χ3n) is 11.1. The van der Waals surface area contributed by atoms with E-state index in [0.717, 1.165) is 110 Å². The minimum absolute atomic E-state index is 0.562. The molecule has 0 spiro atoms. The van der Waals surface area contributed by atoms with Crippen molar-refractivity contribution in [2.75, 3.05) is 4.90 Å². The smallest absolute Gasteiger partial charge is 0.228 e. The number of anilines is 3.